The van der Waals surface area contributed by atoms with Gasteiger partial charge in [0.2, 0.25) is 5.91 Å². The summed E-state index contributed by atoms with van der Waals surface area (Å²) < 4.78 is 0. The fourth-order valence-corrected chi connectivity index (χ4v) is 3.00. The lowest BCUT2D eigenvalue weighted by molar-refractivity contribution is -0.132. The van der Waals surface area contributed by atoms with Crippen LogP contribution < -0.4 is 5.32 Å². The Balaban J connectivity index is 1.88. The summed E-state index contributed by atoms with van der Waals surface area (Å²) in [7, 11) is 0. The number of hydrogen-bond acceptors (Lipinski definition) is 3. The van der Waals surface area contributed by atoms with Crippen LogP contribution in [0.5, 0.6) is 0 Å². The third-order valence-electron chi connectivity index (χ3n) is 2.93. The number of carbonyl (C=O) groups excluding carboxylic acids is 1. The van der Waals surface area contributed by atoms with E-state index in [0.717, 1.165) is 24.7 Å². The lowest BCUT2D eigenvalue weighted by Crippen LogP contribution is -2.45. The zero-order valence-corrected chi connectivity index (χ0v) is 9.31. The fraction of sp³-hybridized carbons (Fsp3) is 0.900. The van der Waals surface area contributed by atoms with Crippen molar-refractivity contribution in [2.75, 3.05) is 24.7 Å². The van der Waals surface area contributed by atoms with Gasteiger partial charge in [-0.3, -0.25) is 10.1 Å². The van der Waals surface area contributed by atoms with Gasteiger partial charge in [0, 0.05) is 24.7 Å². The summed E-state index contributed by atoms with van der Waals surface area (Å²) >= 11 is 1.82. The molecule has 2 aliphatic heterocycles. The molecular weight excluding hydrogens is 196 g/mol. The minimum Gasteiger partial charge on any atom is -0.341 e. The Labute approximate surface area is 89.6 Å². The van der Waals surface area contributed by atoms with Gasteiger partial charge in [0.05, 0.1) is 6.04 Å². The van der Waals surface area contributed by atoms with Crippen LogP contribution in [0.25, 0.3) is 0 Å². The first-order chi connectivity index (χ1) is 6.88. The van der Waals surface area contributed by atoms with Crippen LogP contribution in [0.3, 0.4) is 0 Å². The second-order valence-electron chi connectivity index (χ2n) is 4.01. The van der Waals surface area contributed by atoms with Gasteiger partial charge in [0.15, 0.2) is 0 Å². The molecule has 0 saturated carbocycles. The second-order valence-corrected chi connectivity index (χ2v) is 5.04. The third-order valence-corrected chi connectivity index (χ3v) is 3.87. The second kappa shape index (κ2) is 5.03. The smallest absolute Gasteiger partial charge is 0.240 e. The maximum atomic E-state index is 12.0. The molecule has 4 heteroatoms. The van der Waals surface area contributed by atoms with Crippen molar-refractivity contribution >= 4 is 17.7 Å². The van der Waals surface area contributed by atoms with E-state index in [4.69, 9.17) is 0 Å². The van der Waals surface area contributed by atoms with Crippen LogP contribution in [0.4, 0.5) is 0 Å². The van der Waals surface area contributed by atoms with E-state index in [9.17, 15) is 4.79 Å². The molecule has 2 fully saturated rings. The summed E-state index contributed by atoms with van der Waals surface area (Å²) in [4.78, 5) is 14.1. The van der Waals surface area contributed by atoms with Gasteiger partial charge in [0.1, 0.15) is 0 Å². The Kier molecular flexibility index (Phi) is 3.70. The summed E-state index contributed by atoms with van der Waals surface area (Å²) in [6.07, 6.45) is 4.95. The van der Waals surface area contributed by atoms with E-state index in [-0.39, 0.29) is 6.04 Å². The average Bonchev–Trinajstić information content (AvgIpc) is 2.59. The van der Waals surface area contributed by atoms with E-state index in [0.29, 0.717) is 5.91 Å². The molecule has 2 rings (SSSR count). The number of hydrogen-bond donors (Lipinski definition) is 1. The molecule has 2 aliphatic rings. The van der Waals surface area contributed by atoms with Gasteiger partial charge >= 0.3 is 0 Å². The summed E-state index contributed by atoms with van der Waals surface area (Å²) in [5.74, 6) is 2.22. The van der Waals surface area contributed by atoms with Crippen molar-refractivity contribution < 1.29 is 4.79 Å². The predicted molar refractivity (Wildman–Crippen MR) is 59.3 cm³/mol. The highest BCUT2D eigenvalue weighted by Crippen LogP contribution is 2.15. The van der Waals surface area contributed by atoms with Crippen molar-refractivity contribution in [2.24, 2.45) is 0 Å². The Morgan fingerprint density at radius 1 is 1.21 bits per heavy atom. The van der Waals surface area contributed by atoms with Crippen LogP contribution in [0.1, 0.15) is 25.7 Å². The molecule has 0 aliphatic carbocycles. The van der Waals surface area contributed by atoms with Crippen LogP contribution in [0, 0.1) is 0 Å². The van der Waals surface area contributed by atoms with E-state index in [2.05, 4.69) is 10.2 Å². The molecule has 1 amide bonds. The highest BCUT2D eigenvalue weighted by molar-refractivity contribution is 7.99. The lowest BCUT2D eigenvalue weighted by atomic mass is 10.2. The van der Waals surface area contributed by atoms with Gasteiger partial charge in [-0.2, -0.15) is 0 Å². The molecule has 0 radical (unpaired) electrons. The molecule has 80 valence electrons. The van der Waals surface area contributed by atoms with E-state index in [1.54, 1.807) is 0 Å². The Morgan fingerprint density at radius 2 is 1.93 bits per heavy atom. The molecule has 3 nitrogen and oxygen atoms in total. The van der Waals surface area contributed by atoms with Crippen LogP contribution in [0.15, 0.2) is 0 Å². The fourth-order valence-electron chi connectivity index (χ4n) is 2.07. The summed E-state index contributed by atoms with van der Waals surface area (Å²) in [5, 5.41) is 3.25. The number of nitrogens with one attached hydrogen (secondary N) is 1. The lowest BCUT2D eigenvalue weighted by Gasteiger charge is -2.23. The SMILES string of the molecule is O=C([C@H]1CSCN1)N1CCCCCC1. The summed E-state index contributed by atoms with van der Waals surface area (Å²) in [5.41, 5.74) is 0. The van der Waals surface area contributed by atoms with Crippen LogP contribution in [0.2, 0.25) is 0 Å². The van der Waals surface area contributed by atoms with Crippen molar-refractivity contribution in [3.05, 3.63) is 0 Å². The average molecular weight is 214 g/mol. The molecule has 0 aromatic rings. The van der Waals surface area contributed by atoms with E-state index >= 15 is 0 Å². The maximum Gasteiger partial charge on any atom is 0.240 e. The topological polar surface area (TPSA) is 32.3 Å². The van der Waals surface area contributed by atoms with Gasteiger partial charge in [0.25, 0.3) is 0 Å². The maximum absolute atomic E-state index is 12.0. The van der Waals surface area contributed by atoms with Gasteiger partial charge in [-0.05, 0) is 12.8 Å². The quantitative estimate of drug-likeness (QED) is 0.708. The Hall–Kier alpha value is -0.220. The van der Waals surface area contributed by atoms with Crippen molar-refractivity contribution in [3.63, 3.8) is 0 Å². The predicted octanol–water partition coefficient (Wildman–Crippen LogP) is 1.05. The van der Waals surface area contributed by atoms with Crippen molar-refractivity contribution in [1.29, 1.82) is 0 Å². The van der Waals surface area contributed by atoms with Gasteiger partial charge in [-0.1, -0.05) is 12.8 Å². The van der Waals surface area contributed by atoms with Crippen LogP contribution in [-0.4, -0.2) is 41.6 Å². The molecule has 0 spiro atoms. The zero-order valence-electron chi connectivity index (χ0n) is 8.50. The molecular formula is C10H18N2OS. The molecule has 1 N–H and O–H groups in total. The van der Waals surface area contributed by atoms with Crippen molar-refractivity contribution in [2.45, 2.75) is 31.7 Å². The van der Waals surface area contributed by atoms with Crippen molar-refractivity contribution in [3.8, 4) is 0 Å². The first-order valence-electron chi connectivity index (χ1n) is 5.48. The summed E-state index contributed by atoms with van der Waals surface area (Å²) in [6, 6.07) is 0.0955. The van der Waals surface area contributed by atoms with Gasteiger partial charge in [-0.15, -0.1) is 11.8 Å². The van der Waals surface area contributed by atoms with Crippen LogP contribution in [-0.2, 0) is 4.79 Å². The van der Waals surface area contributed by atoms with E-state index < -0.39 is 0 Å². The minimum absolute atomic E-state index is 0.0955. The zero-order chi connectivity index (χ0) is 9.80. The summed E-state index contributed by atoms with van der Waals surface area (Å²) in [6.45, 7) is 1.95. The minimum atomic E-state index is 0.0955. The number of likely N-dealkylation sites (tertiary alicyclic amines) is 1. The van der Waals surface area contributed by atoms with Gasteiger partial charge in [-0.25, -0.2) is 0 Å². The molecule has 0 aromatic carbocycles. The number of amides is 1. The normalized spacial score (nSPS) is 28.9. The molecule has 0 aromatic heterocycles. The molecule has 0 bridgehead atoms. The molecule has 1 atom stereocenters. The molecule has 2 heterocycles. The number of thioether (sulfide) groups is 1. The van der Waals surface area contributed by atoms with E-state index in [1.807, 2.05) is 11.8 Å². The van der Waals surface area contributed by atoms with E-state index in [1.165, 1.54) is 25.7 Å². The first kappa shape index (κ1) is 10.3. The Bertz CT molecular complexity index is 196. The monoisotopic (exact) mass is 214 g/mol. The van der Waals surface area contributed by atoms with Gasteiger partial charge < -0.3 is 4.90 Å². The highest BCUT2D eigenvalue weighted by Gasteiger charge is 2.27. The third kappa shape index (κ3) is 2.42. The Morgan fingerprint density at radius 3 is 2.50 bits per heavy atom. The first-order valence-corrected chi connectivity index (χ1v) is 6.63. The molecule has 14 heavy (non-hydrogen) atoms. The number of rotatable bonds is 1. The standard InChI is InChI=1S/C10H18N2OS/c13-10(9-7-14-8-11-9)12-5-3-1-2-4-6-12/h9,11H,1-8H2/t9-/m1/s1. The number of nitrogens with zero attached hydrogens (tertiary/aromatic N) is 1. The highest BCUT2D eigenvalue weighted by atomic mass is 32.2. The molecule has 2 saturated heterocycles. The molecule has 0 unspecified atom stereocenters. The largest absolute Gasteiger partial charge is 0.341 e. The van der Waals surface area contributed by atoms with Crippen LogP contribution >= 0.6 is 11.8 Å². The number of carbonyl (C=O) groups is 1. The van der Waals surface area contributed by atoms with Crippen molar-refractivity contribution in [1.82, 2.24) is 10.2 Å².